The molecule has 0 saturated carbocycles. The van der Waals surface area contributed by atoms with Crippen LogP contribution in [-0.2, 0) is 4.79 Å². The highest BCUT2D eigenvalue weighted by atomic mass is 16.4. The van der Waals surface area contributed by atoms with Gasteiger partial charge in [-0.1, -0.05) is 104 Å². The van der Waals surface area contributed by atoms with Crippen LogP contribution in [0.2, 0.25) is 0 Å². The maximum atomic E-state index is 9.70. The van der Waals surface area contributed by atoms with Gasteiger partial charge in [0, 0.05) is 6.04 Å². The molecule has 150 valence electrons. The van der Waals surface area contributed by atoms with Gasteiger partial charge in [0.2, 0.25) is 0 Å². The Labute approximate surface area is 157 Å². The molecule has 2 N–H and O–H groups in total. The van der Waals surface area contributed by atoms with Crippen molar-refractivity contribution in [1.82, 2.24) is 5.32 Å². The van der Waals surface area contributed by atoms with E-state index in [-0.39, 0.29) is 5.92 Å². The molecule has 3 nitrogen and oxygen atoms in total. The van der Waals surface area contributed by atoms with Crippen molar-refractivity contribution in [2.24, 2.45) is 5.92 Å². The summed E-state index contributed by atoms with van der Waals surface area (Å²) in [7, 11) is 0. The maximum absolute atomic E-state index is 9.70. The van der Waals surface area contributed by atoms with Crippen LogP contribution in [0.5, 0.6) is 0 Å². The molecule has 1 rings (SSSR count). The van der Waals surface area contributed by atoms with E-state index < -0.39 is 5.97 Å². The minimum Gasteiger partial charge on any atom is -0.481 e. The number of aliphatic carboxylic acids is 1. The number of carboxylic acid groups (broad SMARTS) is 1. The highest BCUT2D eigenvalue weighted by molar-refractivity contribution is 5.68. The van der Waals surface area contributed by atoms with Crippen LogP contribution in [0, 0.1) is 5.92 Å². The molecule has 1 unspecified atom stereocenters. The van der Waals surface area contributed by atoms with Gasteiger partial charge in [0.25, 0.3) is 0 Å². The van der Waals surface area contributed by atoms with Crippen molar-refractivity contribution in [3.8, 4) is 0 Å². The lowest BCUT2D eigenvalue weighted by Crippen LogP contribution is -2.42. The van der Waals surface area contributed by atoms with Crippen LogP contribution in [0.4, 0.5) is 0 Å². The fourth-order valence-electron chi connectivity index (χ4n) is 3.00. The molecule has 1 aliphatic rings. The molecular formula is C22H45NO2. The largest absolute Gasteiger partial charge is 0.481 e. The van der Waals surface area contributed by atoms with E-state index in [0.717, 1.165) is 6.04 Å². The van der Waals surface area contributed by atoms with Crippen molar-refractivity contribution in [3.63, 3.8) is 0 Å². The molecule has 0 aromatic rings. The van der Waals surface area contributed by atoms with Crippen LogP contribution in [0.1, 0.15) is 117 Å². The molecule has 1 heterocycles. The molecule has 0 aromatic heterocycles. The summed E-state index contributed by atoms with van der Waals surface area (Å²) in [4.78, 5) is 9.70. The Morgan fingerprint density at radius 3 is 1.52 bits per heavy atom. The van der Waals surface area contributed by atoms with Crippen LogP contribution in [0.25, 0.3) is 0 Å². The van der Waals surface area contributed by atoms with Gasteiger partial charge < -0.3 is 10.4 Å². The molecular weight excluding hydrogens is 310 g/mol. The first kappa shape index (κ1) is 24.4. The standard InChI is InChI=1S/C18H37N.C4H8O2/c1-2-3-4-5-6-7-8-9-10-11-12-13-14-15-18-16-17-19-18;1-3(2)4(5)6/h18-19H,2-17H2,1H3;3H,1-2H3,(H,5,6). The SMILES string of the molecule is CC(C)C(=O)O.CCCCCCCCCCCCCCCC1CCN1. The Balaban J connectivity index is 0.000000823. The Kier molecular flexibility index (Phi) is 17.8. The Hall–Kier alpha value is -0.570. The van der Waals surface area contributed by atoms with E-state index in [0.29, 0.717) is 0 Å². The van der Waals surface area contributed by atoms with E-state index in [1.54, 1.807) is 13.8 Å². The zero-order valence-corrected chi connectivity index (χ0v) is 17.3. The van der Waals surface area contributed by atoms with Crippen molar-refractivity contribution in [1.29, 1.82) is 0 Å². The molecule has 1 atom stereocenters. The smallest absolute Gasteiger partial charge is 0.305 e. The molecule has 3 heteroatoms. The van der Waals surface area contributed by atoms with Crippen LogP contribution in [0.15, 0.2) is 0 Å². The monoisotopic (exact) mass is 355 g/mol. The van der Waals surface area contributed by atoms with Gasteiger partial charge >= 0.3 is 5.97 Å². The lowest BCUT2D eigenvalue weighted by atomic mass is 9.99. The molecule has 0 spiro atoms. The molecule has 25 heavy (non-hydrogen) atoms. The van der Waals surface area contributed by atoms with Gasteiger partial charge in [-0.3, -0.25) is 4.79 Å². The molecule has 1 saturated heterocycles. The van der Waals surface area contributed by atoms with Gasteiger partial charge in [0.15, 0.2) is 0 Å². The second-order valence-corrected chi connectivity index (χ2v) is 7.96. The second kappa shape index (κ2) is 18.2. The van der Waals surface area contributed by atoms with Crippen molar-refractivity contribution < 1.29 is 9.90 Å². The zero-order valence-electron chi connectivity index (χ0n) is 17.3. The third-order valence-corrected chi connectivity index (χ3v) is 5.08. The van der Waals surface area contributed by atoms with Gasteiger partial charge in [-0.25, -0.2) is 0 Å². The van der Waals surface area contributed by atoms with Crippen molar-refractivity contribution in [2.45, 2.75) is 123 Å². The lowest BCUT2D eigenvalue weighted by Gasteiger charge is -2.27. The molecule has 0 aromatic carbocycles. The highest BCUT2D eigenvalue weighted by Gasteiger charge is 2.14. The minimum atomic E-state index is -0.741. The Morgan fingerprint density at radius 1 is 0.880 bits per heavy atom. The van der Waals surface area contributed by atoms with Crippen LogP contribution >= 0.6 is 0 Å². The van der Waals surface area contributed by atoms with Crippen molar-refractivity contribution >= 4 is 5.97 Å². The quantitative estimate of drug-likeness (QED) is 0.327. The van der Waals surface area contributed by atoms with Gasteiger partial charge in [0.05, 0.1) is 5.92 Å². The number of nitrogens with one attached hydrogen (secondary N) is 1. The van der Waals surface area contributed by atoms with E-state index >= 15 is 0 Å². The number of unbranched alkanes of at least 4 members (excludes halogenated alkanes) is 12. The Bertz CT molecular complexity index is 288. The zero-order chi connectivity index (χ0) is 18.8. The molecule has 0 amide bonds. The summed E-state index contributed by atoms with van der Waals surface area (Å²) in [6, 6.07) is 0.882. The number of carboxylic acids is 1. The average molecular weight is 356 g/mol. The fraction of sp³-hybridized carbons (Fsp3) is 0.955. The van der Waals surface area contributed by atoms with Crippen LogP contribution in [0.3, 0.4) is 0 Å². The summed E-state index contributed by atoms with van der Waals surface area (Å²) in [6.07, 6.45) is 21.9. The topological polar surface area (TPSA) is 49.3 Å². The maximum Gasteiger partial charge on any atom is 0.305 e. The first-order valence-electron chi connectivity index (χ1n) is 11.0. The second-order valence-electron chi connectivity index (χ2n) is 7.96. The first-order valence-corrected chi connectivity index (χ1v) is 11.0. The van der Waals surface area contributed by atoms with Gasteiger partial charge in [-0.05, 0) is 19.4 Å². The fourth-order valence-corrected chi connectivity index (χ4v) is 3.00. The molecule has 0 radical (unpaired) electrons. The van der Waals surface area contributed by atoms with Crippen LogP contribution in [-0.4, -0.2) is 23.7 Å². The minimum absolute atomic E-state index is 0.231. The summed E-state index contributed by atoms with van der Waals surface area (Å²) in [6.45, 7) is 6.84. The van der Waals surface area contributed by atoms with E-state index in [1.807, 2.05) is 0 Å². The number of hydrogen-bond donors (Lipinski definition) is 2. The molecule has 0 bridgehead atoms. The highest BCUT2D eigenvalue weighted by Crippen LogP contribution is 2.15. The van der Waals surface area contributed by atoms with Gasteiger partial charge in [-0.2, -0.15) is 0 Å². The number of carbonyl (C=O) groups is 1. The molecule has 0 aliphatic carbocycles. The summed E-state index contributed by atoms with van der Waals surface area (Å²) >= 11 is 0. The predicted molar refractivity (Wildman–Crippen MR) is 109 cm³/mol. The molecule has 1 fully saturated rings. The summed E-state index contributed by atoms with van der Waals surface area (Å²) < 4.78 is 0. The van der Waals surface area contributed by atoms with Gasteiger partial charge in [0.1, 0.15) is 0 Å². The third kappa shape index (κ3) is 18.0. The van der Waals surface area contributed by atoms with Gasteiger partial charge in [-0.15, -0.1) is 0 Å². The Morgan fingerprint density at radius 2 is 1.24 bits per heavy atom. The normalized spacial score (nSPS) is 16.2. The van der Waals surface area contributed by atoms with Crippen molar-refractivity contribution in [3.05, 3.63) is 0 Å². The summed E-state index contributed by atoms with van der Waals surface area (Å²) in [5.74, 6) is -0.972. The first-order chi connectivity index (χ1) is 12.1. The lowest BCUT2D eigenvalue weighted by molar-refractivity contribution is -0.140. The summed E-state index contributed by atoms with van der Waals surface area (Å²) in [5, 5.41) is 11.5. The summed E-state index contributed by atoms with van der Waals surface area (Å²) in [5.41, 5.74) is 0. The predicted octanol–water partition coefficient (Wildman–Crippen LogP) is 6.56. The van der Waals surface area contributed by atoms with E-state index in [2.05, 4.69) is 12.2 Å². The third-order valence-electron chi connectivity index (χ3n) is 5.08. The van der Waals surface area contributed by atoms with Crippen LogP contribution < -0.4 is 5.32 Å². The van der Waals surface area contributed by atoms with E-state index in [1.165, 1.54) is 103 Å². The molecule has 1 aliphatic heterocycles. The number of hydrogen-bond acceptors (Lipinski definition) is 2. The average Bonchev–Trinajstić information content (AvgIpc) is 2.54. The van der Waals surface area contributed by atoms with E-state index in [4.69, 9.17) is 5.11 Å². The van der Waals surface area contributed by atoms with Crippen molar-refractivity contribution in [2.75, 3.05) is 6.54 Å². The number of rotatable bonds is 15. The van der Waals surface area contributed by atoms with E-state index in [9.17, 15) is 4.79 Å².